The van der Waals surface area contributed by atoms with E-state index < -0.39 is 0 Å². The monoisotopic (exact) mass is 657 g/mol. The number of carbonyl (C=O) groups excluding carboxylic acids is 2. The molecule has 2 amide bonds. The first-order valence-electron chi connectivity index (χ1n) is 12.4. The molecule has 4 rings (SSSR count). The zero-order valence-corrected chi connectivity index (χ0v) is 24.8. The number of halogens is 1. The minimum atomic E-state index is -0.312. The molecule has 1 atom stereocenters. The maximum absolute atomic E-state index is 13.2. The highest BCUT2D eigenvalue weighted by Crippen LogP contribution is 2.32. The summed E-state index contributed by atoms with van der Waals surface area (Å²) in [6.07, 6.45) is 8.83. The summed E-state index contributed by atoms with van der Waals surface area (Å²) >= 11 is 2.28. The van der Waals surface area contributed by atoms with Gasteiger partial charge in [-0.3, -0.25) is 18.7 Å². The van der Waals surface area contributed by atoms with E-state index >= 15 is 0 Å². The fraction of sp³-hybridized carbons (Fsp3) is 0.259. The standard InChI is InChI=1S/C27H29IN7O3P/c1-33(2)24(37)14-8-4-7-13-23(36)31-20-12-9-15-34(27(20)38)17-22-32-25-21(16-19-10-5-3-6-11-19)29-18-30-26(25)35(22)39-28/h3,5-6,8-12,14-15,18,39H,4,7,13,16-17H2,1-2H3,(H,31,36)/b14-8+. The maximum atomic E-state index is 13.2. The van der Waals surface area contributed by atoms with Crippen LogP contribution in [0.15, 0.2) is 71.9 Å². The van der Waals surface area contributed by atoms with Crippen molar-refractivity contribution in [1.82, 2.24) is 28.8 Å². The highest BCUT2D eigenvalue weighted by molar-refractivity contribution is 14.2. The van der Waals surface area contributed by atoms with Crippen LogP contribution in [0.4, 0.5) is 5.69 Å². The summed E-state index contributed by atoms with van der Waals surface area (Å²) < 4.78 is 3.53. The van der Waals surface area contributed by atoms with Gasteiger partial charge in [-0.25, -0.2) is 15.0 Å². The van der Waals surface area contributed by atoms with Gasteiger partial charge in [0.2, 0.25) is 11.8 Å². The third kappa shape index (κ3) is 7.36. The van der Waals surface area contributed by atoms with Crippen LogP contribution in [0.5, 0.6) is 0 Å². The first-order chi connectivity index (χ1) is 18.9. The summed E-state index contributed by atoms with van der Waals surface area (Å²) in [5, 5.41) is 2.73. The molecule has 0 saturated carbocycles. The van der Waals surface area contributed by atoms with Crippen LogP contribution in [0.2, 0.25) is 0 Å². The van der Waals surface area contributed by atoms with E-state index in [1.807, 2.05) is 34.7 Å². The van der Waals surface area contributed by atoms with Gasteiger partial charge in [0, 0.05) is 33.1 Å². The summed E-state index contributed by atoms with van der Waals surface area (Å²) in [5.74, 6) is 0.344. The lowest BCUT2D eigenvalue weighted by Crippen LogP contribution is -2.26. The maximum Gasteiger partial charge on any atom is 0.274 e. The molecular formula is C27H29IN7O3P. The number of rotatable bonds is 11. The number of anilines is 1. The highest BCUT2D eigenvalue weighted by atomic mass is 127. The Hall–Kier alpha value is -3.44. The van der Waals surface area contributed by atoms with Crippen LogP contribution in [0.25, 0.3) is 11.2 Å². The fourth-order valence-corrected chi connectivity index (χ4v) is 5.92. The normalized spacial score (nSPS) is 11.6. The molecule has 0 aliphatic heterocycles. The van der Waals surface area contributed by atoms with Crippen molar-refractivity contribution in [3.8, 4) is 0 Å². The quantitative estimate of drug-likeness (QED) is 0.112. The number of hydrogen-bond acceptors (Lipinski definition) is 6. The molecule has 0 radical (unpaired) electrons. The third-order valence-electron chi connectivity index (χ3n) is 5.97. The van der Waals surface area contributed by atoms with Gasteiger partial charge in [0.15, 0.2) is 5.65 Å². The summed E-state index contributed by atoms with van der Waals surface area (Å²) in [7, 11) is 3.37. The number of nitrogens with one attached hydrogen (secondary N) is 1. The van der Waals surface area contributed by atoms with Crippen LogP contribution in [-0.4, -0.2) is 54.7 Å². The minimum Gasteiger partial charge on any atom is -0.345 e. The smallest absolute Gasteiger partial charge is 0.274 e. The van der Waals surface area contributed by atoms with E-state index in [0.29, 0.717) is 31.5 Å². The molecule has 4 aromatic rings. The molecule has 10 nitrogen and oxygen atoms in total. The Labute approximate surface area is 240 Å². The molecule has 3 heterocycles. The van der Waals surface area contributed by atoms with Gasteiger partial charge in [0.25, 0.3) is 5.56 Å². The SMILES string of the molecule is CN(C)C(=O)/C=C/CCCC(=O)Nc1cccn(Cc2nc3c(Cc4ccccc4)ncnc3n2PI)c1=O. The number of likely N-dealkylation sites (N-methyl/N-ethyl adjacent to an activating group) is 1. The van der Waals surface area contributed by atoms with Crippen molar-refractivity contribution < 1.29 is 9.59 Å². The number of amides is 2. The van der Waals surface area contributed by atoms with Gasteiger partial charge in [-0.2, -0.15) is 0 Å². The minimum absolute atomic E-state index is 0.0969. The van der Waals surface area contributed by atoms with Gasteiger partial charge >= 0.3 is 0 Å². The second-order valence-electron chi connectivity index (χ2n) is 9.03. The molecule has 3 aromatic heterocycles. The summed E-state index contributed by atoms with van der Waals surface area (Å²) in [5.41, 5.74) is 3.31. The second kappa shape index (κ2) is 13.6. The van der Waals surface area contributed by atoms with Crippen molar-refractivity contribution in [2.45, 2.75) is 32.2 Å². The Kier molecular flexibility index (Phi) is 9.94. The number of benzene rings is 1. The van der Waals surface area contributed by atoms with Gasteiger partial charge in [0.05, 0.1) is 18.6 Å². The predicted molar refractivity (Wildman–Crippen MR) is 162 cm³/mol. The van der Waals surface area contributed by atoms with Crippen molar-refractivity contribution >= 4 is 57.1 Å². The molecule has 0 saturated heterocycles. The number of allylic oxidation sites excluding steroid dienone is 1. The Balaban J connectivity index is 1.47. The third-order valence-corrected chi connectivity index (χ3v) is 8.06. The second-order valence-corrected chi connectivity index (χ2v) is 11.1. The zero-order chi connectivity index (χ0) is 27.8. The van der Waals surface area contributed by atoms with Gasteiger partial charge in [-0.1, -0.05) is 36.4 Å². The predicted octanol–water partition coefficient (Wildman–Crippen LogP) is 4.17. The van der Waals surface area contributed by atoms with Crippen molar-refractivity contribution in [2.75, 3.05) is 19.4 Å². The Morgan fingerprint density at radius 2 is 1.92 bits per heavy atom. The number of fused-ring (bicyclic) bond motifs is 1. The van der Waals surface area contributed by atoms with E-state index in [1.165, 1.54) is 15.5 Å². The van der Waals surface area contributed by atoms with E-state index in [4.69, 9.17) is 4.98 Å². The molecule has 1 aromatic carbocycles. The van der Waals surface area contributed by atoms with E-state index in [0.717, 1.165) is 22.4 Å². The zero-order valence-electron chi connectivity index (χ0n) is 21.7. The first kappa shape index (κ1) is 28.6. The lowest BCUT2D eigenvalue weighted by molar-refractivity contribution is -0.123. The number of hydrogen-bond donors (Lipinski definition) is 1. The molecule has 202 valence electrons. The topological polar surface area (TPSA) is 115 Å². The van der Waals surface area contributed by atoms with E-state index in [1.54, 1.807) is 44.8 Å². The number of imidazole rings is 1. The van der Waals surface area contributed by atoms with E-state index in [9.17, 15) is 14.4 Å². The molecule has 1 N–H and O–H groups in total. The lowest BCUT2D eigenvalue weighted by atomic mass is 10.1. The van der Waals surface area contributed by atoms with Crippen LogP contribution in [-0.2, 0) is 22.6 Å². The summed E-state index contributed by atoms with van der Waals surface area (Å²) in [6.45, 7) is 0.227. The highest BCUT2D eigenvalue weighted by Gasteiger charge is 2.17. The fourth-order valence-electron chi connectivity index (χ4n) is 3.93. The number of unbranched alkanes of at least 4 members (excludes halogenated alkanes) is 1. The first-order valence-corrected chi connectivity index (χ1v) is 16.4. The molecule has 12 heteroatoms. The van der Waals surface area contributed by atoms with Gasteiger partial charge in [0.1, 0.15) is 23.4 Å². The van der Waals surface area contributed by atoms with Gasteiger partial charge < -0.3 is 14.8 Å². The molecule has 0 aliphatic rings. The van der Waals surface area contributed by atoms with Crippen molar-refractivity contribution in [2.24, 2.45) is 0 Å². The van der Waals surface area contributed by atoms with Crippen LogP contribution in [0, 0.1) is 0 Å². The van der Waals surface area contributed by atoms with Crippen LogP contribution < -0.4 is 10.9 Å². The molecule has 0 bridgehead atoms. The summed E-state index contributed by atoms with van der Waals surface area (Å²) in [4.78, 5) is 52.5. The molecular weight excluding hydrogens is 628 g/mol. The number of pyridine rings is 1. The van der Waals surface area contributed by atoms with E-state index in [2.05, 4.69) is 37.3 Å². The average Bonchev–Trinajstić information content (AvgIpc) is 3.29. The average molecular weight is 657 g/mol. The molecule has 1 unspecified atom stereocenters. The molecule has 0 spiro atoms. The Bertz CT molecular complexity index is 1550. The van der Waals surface area contributed by atoms with Gasteiger partial charge in [-0.05, 0) is 58.7 Å². The lowest BCUT2D eigenvalue weighted by Gasteiger charge is -2.10. The Morgan fingerprint density at radius 1 is 1.13 bits per heavy atom. The van der Waals surface area contributed by atoms with Crippen molar-refractivity contribution in [1.29, 1.82) is 0 Å². The van der Waals surface area contributed by atoms with Crippen LogP contribution in [0.1, 0.15) is 36.3 Å². The number of aromatic nitrogens is 5. The Morgan fingerprint density at radius 3 is 2.67 bits per heavy atom. The molecule has 0 fully saturated rings. The van der Waals surface area contributed by atoms with Crippen molar-refractivity contribution in [3.63, 3.8) is 0 Å². The number of carbonyl (C=O) groups is 2. The summed E-state index contributed by atoms with van der Waals surface area (Å²) in [6, 6.07) is 13.4. The van der Waals surface area contributed by atoms with Gasteiger partial charge in [-0.15, -0.1) is 0 Å². The van der Waals surface area contributed by atoms with Crippen molar-refractivity contribution in [3.05, 3.63) is 94.6 Å². The van der Waals surface area contributed by atoms with Crippen LogP contribution in [0.3, 0.4) is 0 Å². The molecule has 39 heavy (non-hydrogen) atoms. The molecule has 0 aliphatic carbocycles. The number of nitrogens with zero attached hydrogens (tertiary/aromatic N) is 6. The van der Waals surface area contributed by atoms with Crippen LogP contribution >= 0.6 is 28.4 Å². The largest absolute Gasteiger partial charge is 0.345 e. The van der Waals surface area contributed by atoms with E-state index in [-0.39, 0.29) is 36.0 Å².